The van der Waals surface area contributed by atoms with Crippen LogP contribution in [0.25, 0.3) is 0 Å². The molecule has 0 heterocycles. The summed E-state index contributed by atoms with van der Waals surface area (Å²) < 4.78 is 5.30. The maximum atomic E-state index is 5.79. The minimum Gasteiger partial charge on any atom is -0.377 e. The molecule has 1 radical (unpaired) electrons. The van der Waals surface area contributed by atoms with Gasteiger partial charge in [0.2, 0.25) is 0 Å². The van der Waals surface area contributed by atoms with Gasteiger partial charge in [-0.3, -0.25) is 0 Å². The lowest BCUT2D eigenvalue weighted by Gasteiger charge is -2.02. The predicted molar refractivity (Wildman–Crippen MR) is 51.1 cm³/mol. The maximum absolute atomic E-state index is 5.79. The molecule has 0 spiro atoms. The molecule has 12 heavy (non-hydrogen) atoms. The van der Waals surface area contributed by atoms with Crippen molar-refractivity contribution < 1.29 is 4.74 Å². The summed E-state index contributed by atoms with van der Waals surface area (Å²) in [7, 11) is 0. The minimum atomic E-state index is 0.621. The van der Waals surface area contributed by atoms with Crippen LogP contribution in [-0.4, -0.2) is 6.61 Å². The highest BCUT2D eigenvalue weighted by Crippen LogP contribution is 2.11. The third-order valence-electron chi connectivity index (χ3n) is 1.45. The molecule has 0 aromatic heterocycles. The average molecular weight is 184 g/mol. The second-order valence-corrected chi connectivity index (χ2v) is 2.97. The van der Waals surface area contributed by atoms with E-state index in [0.29, 0.717) is 13.2 Å². The number of rotatable bonds is 4. The Balaban J connectivity index is 2.41. The Kier molecular flexibility index (Phi) is 4.12. The molecule has 0 aliphatic carbocycles. The Hall–Kier alpha value is -0.530. The van der Waals surface area contributed by atoms with Crippen molar-refractivity contribution in [1.82, 2.24) is 0 Å². The van der Waals surface area contributed by atoms with Gasteiger partial charge in [0.1, 0.15) is 0 Å². The van der Waals surface area contributed by atoms with Crippen LogP contribution in [0.5, 0.6) is 0 Å². The summed E-state index contributed by atoms with van der Waals surface area (Å²) in [6, 6.07) is 7.68. The maximum Gasteiger partial charge on any atom is 0.0717 e. The molecule has 0 unspecified atom stereocenters. The van der Waals surface area contributed by atoms with Crippen molar-refractivity contribution in [3.8, 4) is 0 Å². The largest absolute Gasteiger partial charge is 0.377 e. The monoisotopic (exact) mass is 183 g/mol. The predicted octanol–water partition coefficient (Wildman–Crippen LogP) is 3.08. The van der Waals surface area contributed by atoms with E-state index < -0.39 is 0 Å². The van der Waals surface area contributed by atoms with Gasteiger partial charge in [-0.05, 0) is 24.1 Å². The number of ether oxygens (including phenoxy) is 1. The summed E-state index contributed by atoms with van der Waals surface area (Å²) in [6.07, 6.45) is 0.806. The molecule has 1 aromatic carbocycles. The first-order valence-electron chi connectivity index (χ1n) is 3.94. The van der Waals surface area contributed by atoms with Gasteiger partial charge in [0.15, 0.2) is 0 Å². The first-order chi connectivity index (χ1) is 5.83. The van der Waals surface area contributed by atoms with Gasteiger partial charge in [-0.2, -0.15) is 0 Å². The summed E-state index contributed by atoms with van der Waals surface area (Å²) >= 11 is 5.79. The van der Waals surface area contributed by atoms with Gasteiger partial charge >= 0.3 is 0 Å². The third kappa shape index (κ3) is 3.24. The van der Waals surface area contributed by atoms with Crippen molar-refractivity contribution in [2.24, 2.45) is 0 Å². The van der Waals surface area contributed by atoms with Crippen molar-refractivity contribution >= 4 is 11.6 Å². The Morgan fingerprint density at radius 1 is 1.42 bits per heavy atom. The Labute approximate surface area is 78.3 Å². The highest BCUT2D eigenvalue weighted by Gasteiger charge is 1.92. The lowest BCUT2D eigenvalue weighted by Crippen LogP contribution is -1.93. The second kappa shape index (κ2) is 5.18. The van der Waals surface area contributed by atoms with E-state index >= 15 is 0 Å². The fourth-order valence-corrected chi connectivity index (χ4v) is 1.13. The van der Waals surface area contributed by atoms with E-state index in [2.05, 4.69) is 6.92 Å². The highest BCUT2D eigenvalue weighted by atomic mass is 35.5. The van der Waals surface area contributed by atoms with E-state index in [9.17, 15) is 0 Å². The summed E-state index contributed by atoms with van der Waals surface area (Å²) in [5.41, 5.74) is 1.11. The molecule has 1 nitrogen and oxygen atoms in total. The molecule has 0 saturated heterocycles. The third-order valence-corrected chi connectivity index (χ3v) is 1.68. The van der Waals surface area contributed by atoms with Crippen LogP contribution in [0.2, 0.25) is 5.02 Å². The number of hydrogen-bond donors (Lipinski definition) is 0. The van der Waals surface area contributed by atoms with Crippen LogP contribution < -0.4 is 0 Å². The molecule has 0 atom stereocenters. The van der Waals surface area contributed by atoms with Gasteiger partial charge in [-0.1, -0.05) is 30.7 Å². The van der Waals surface area contributed by atoms with Crippen LogP contribution in [0.4, 0.5) is 0 Å². The van der Waals surface area contributed by atoms with Gasteiger partial charge in [-0.25, -0.2) is 0 Å². The zero-order valence-corrected chi connectivity index (χ0v) is 7.68. The zero-order chi connectivity index (χ0) is 8.81. The van der Waals surface area contributed by atoms with E-state index in [1.807, 2.05) is 24.3 Å². The normalized spacial score (nSPS) is 10.2. The van der Waals surface area contributed by atoms with Gasteiger partial charge in [0.25, 0.3) is 0 Å². The quantitative estimate of drug-likeness (QED) is 0.652. The molecule has 0 fully saturated rings. The van der Waals surface area contributed by atoms with Crippen molar-refractivity contribution in [1.29, 1.82) is 0 Å². The van der Waals surface area contributed by atoms with Crippen LogP contribution >= 0.6 is 11.6 Å². The number of hydrogen-bond acceptors (Lipinski definition) is 1. The Bertz CT molecular complexity index is 235. The van der Waals surface area contributed by atoms with Gasteiger partial charge < -0.3 is 4.74 Å². The molecule has 1 rings (SSSR count). The first-order valence-corrected chi connectivity index (χ1v) is 4.32. The summed E-state index contributed by atoms with van der Waals surface area (Å²) in [5.74, 6) is 0. The fourth-order valence-electron chi connectivity index (χ4n) is 0.919. The zero-order valence-electron chi connectivity index (χ0n) is 6.92. The summed E-state index contributed by atoms with van der Waals surface area (Å²) in [4.78, 5) is 0. The molecule has 0 bridgehead atoms. The fraction of sp³-hybridized carbons (Fsp3) is 0.300. The molecule has 0 saturated carbocycles. The second-order valence-electron chi connectivity index (χ2n) is 2.54. The van der Waals surface area contributed by atoms with Crippen LogP contribution in [0.15, 0.2) is 24.3 Å². The van der Waals surface area contributed by atoms with E-state index in [1.54, 1.807) is 0 Å². The number of halogens is 1. The molecular weight excluding hydrogens is 172 g/mol. The van der Waals surface area contributed by atoms with E-state index in [-0.39, 0.29) is 0 Å². The Morgan fingerprint density at radius 2 is 2.25 bits per heavy atom. The van der Waals surface area contributed by atoms with Gasteiger partial charge in [-0.15, -0.1) is 0 Å². The molecule has 2 heteroatoms. The van der Waals surface area contributed by atoms with Crippen LogP contribution in [0.1, 0.15) is 12.0 Å². The molecule has 0 amide bonds. The van der Waals surface area contributed by atoms with Crippen LogP contribution in [0.3, 0.4) is 0 Å². The van der Waals surface area contributed by atoms with Crippen molar-refractivity contribution in [2.75, 3.05) is 6.61 Å². The standard InChI is InChI=1S/C10H12ClO/c1-2-6-12-8-9-4-3-5-10(11)7-9/h3-5,7H,1-2,6,8H2. The first kappa shape index (κ1) is 9.56. The van der Waals surface area contributed by atoms with Gasteiger partial charge in [0, 0.05) is 11.6 Å². The molecular formula is C10H12ClO. The Morgan fingerprint density at radius 3 is 2.92 bits per heavy atom. The molecule has 1 aromatic rings. The summed E-state index contributed by atoms with van der Waals surface area (Å²) in [6.45, 7) is 5.01. The van der Waals surface area contributed by atoms with Gasteiger partial charge in [0.05, 0.1) is 6.61 Å². The lowest BCUT2D eigenvalue weighted by molar-refractivity contribution is 0.125. The van der Waals surface area contributed by atoms with E-state index in [0.717, 1.165) is 17.0 Å². The van der Waals surface area contributed by atoms with E-state index in [1.165, 1.54) is 0 Å². The average Bonchev–Trinajstić information content (AvgIpc) is 2.05. The number of benzene rings is 1. The molecule has 0 aliphatic heterocycles. The van der Waals surface area contributed by atoms with Crippen LogP contribution in [0, 0.1) is 6.92 Å². The highest BCUT2D eigenvalue weighted by molar-refractivity contribution is 6.30. The molecule has 65 valence electrons. The molecule has 0 N–H and O–H groups in total. The lowest BCUT2D eigenvalue weighted by atomic mass is 10.2. The topological polar surface area (TPSA) is 9.23 Å². The molecule has 0 aliphatic rings. The van der Waals surface area contributed by atoms with E-state index in [4.69, 9.17) is 16.3 Å². The van der Waals surface area contributed by atoms with Crippen LogP contribution in [-0.2, 0) is 11.3 Å². The van der Waals surface area contributed by atoms with Crippen molar-refractivity contribution in [2.45, 2.75) is 13.0 Å². The SMILES string of the molecule is [CH2]CCOCc1cccc(Cl)c1. The van der Waals surface area contributed by atoms with Crippen molar-refractivity contribution in [3.05, 3.63) is 41.8 Å². The smallest absolute Gasteiger partial charge is 0.0717 e. The minimum absolute atomic E-state index is 0.621. The summed E-state index contributed by atoms with van der Waals surface area (Å²) in [5, 5.41) is 0.755. The van der Waals surface area contributed by atoms with Crippen molar-refractivity contribution in [3.63, 3.8) is 0 Å².